The molecule has 0 saturated carbocycles. The van der Waals surface area contributed by atoms with Gasteiger partial charge in [0, 0.05) is 36.8 Å². The van der Waals surface area contributed by atoms with E-state index in [2.05, 4.69) is 15.3 Å². The molecule has 1 N–H and O–H groups in total. The molecule has 3 nitrogen and oxygen atoms in total. The van der Waals surface area contributed by atoms with E-state index in [0.717, 1.165) is 19.2 Å². The summed E-state index contributed by atoms with van der Waals surface area (Å²) in [5, 5.41) is 3.13. The second kappa shape index (κ2) is 4.42. The van der Waals surface area contributed by atoms with Gasteiger partial charge in [0.1, 0.15) is 17.5 Å². The van der Waals surface area contributed by atoms with Crippen molar-refractivity contribution >= 4 is 0 Å². The number of hydrogen-bond donors (Lipinski definition) is 1. The van der Waals surface area contributed by atoms with Gasteiger partial charge in [-0.15, -0.1) is 0 Å². The summed E-state index contributed by atoms with van der Waals surface area (Å²) < 4.78 is 26.5. The third kappa shape index (κ3) is 1.97. The predicted octanol–water partition coefficient (Wildman–Crippen LogP) is 2.11. The van der Waals surface area contributed by atoms with Crippen LogP contribution in [0, 0.1) is 11.6 Å². The molecule has 18 heavy (non-hydrogen) atoms. The molecule has 1 aliphatic rings. The molecular weight excluding hydrogens is 236 g/mol. The Kier molecular flexibility index (Phi) is 2.76. The van der Waals surface area contributed by atoms with E-state index in [-0.39, 0.29) is 5.92 Å². The lowest BCUT2D eigenvalue weighted by atomic mass is 10.0. The normalized spacial score (nSPS) is 15.4. The molecular formula is C13H11F2N3. The van der Waals surface area contributed by atoms with Crippen LogP contribution < -0.4 is 5.32 Å². The van der Waals surface area contributed by atoms with Crippen LogP contribution in [0.2, 0.25) is 0 Å². The van der Waals surface area contributed by atoms with E-state index < -0.39 is 11.6 Å². The second-order valence-corrected chi connectivity index (χ2v) is 4.28. The lowest BCUT2D eigenvalue weighted by Gasteiger charge is -2.25. The Morgan fingerprint density at radius 3 is 2.67 bits per heavy atom. The first-order valence-corrected chi connectivity index (χ1v) is 5.73. The molecule has 0 radical (unpaired) electrons. The average Bonchev–Trinajstić information content (AvgIpc) is 2.27. The van der Waals surface area contributed by atoms with Crippen LogP contribution >= 0.6 is 0 Å². The maximum absolute atomic E-state index is 13.7. The van der Waals surface area contributed by atoms with Gasteiger partial charge in [-0.2, -0.15) is 0 Å². The van der Waals surface area contributed by atoms with Crippen LogP contribution in [-0.4, -0.2) is 23.1 Å². The van der Waals surface area contributed by atoms with Gasteiger partial charge in [-0.25, -0.2) is 18.7 Å². The molecule has 92 valence electrons. The highest BCUT2D eigenvalue weighted by Crippen LogP contribution is 2.23. The van der Waals surface area contributed by atoms with Gasteiger partial charge in [0.15, 0.2) is 0 Å². The number of halogens is 2. The lowest BCUT2D eigenvalue weighted by molar-refractivity contribution is 0.430. The molecule has 1 aromatic heterocycles. The predicted molar refractivity (Wildman–Crippen MR) is 63.0 cm³/mol. The minimum atomic E-state index is -0.605. The van der Waals surface area contributed by atoms with E-state index in [4.69, 9.17) is 0 Å². The van der Waals surface area contributed by atoms with Crippen LogP contribution in [0.5, 0.6) is 0 Å². The molecule has 3 rings (SSSR count). The molecule has 1 aliphatic heterocycles. The van der Waals surface area contributed by atoms with Gasteiger partial charge in [-0.3, -0.25) is 0 Å². The first-order chi connectivity index (χ1) is 8.74. The van der Waals surface area contributed by atoms with Crippen molar-refractivity contribution < 1.29 is 8.78 Å². The zero-order valence-electron chi connectivity index (χ0n) is 9.53. The van der Waals surface area contributed by atoms with Gasteiger partial charge < -0.3 is 5.32 Å². The Hall–Kier alpha value is -1.88. The zero-order valence-corrected chi connectivity index (χ0v) is 9.53. The minimum absolute atomic E-state index is 0.286. The molecule has 5 heteroatoms. The third-order valence-corrected chi connectivity index (χ3v) is 3.03. The average molecular weight is 247 g/mol. The largest absolute Gasteiger partial charge is 0.315 e. The molecule has 0 unspecified atom stereocenters. The van der Waals surface area contributed by atoms with Gasteiger partial charge in [0.2, 0.25) is 0 Å². The van der Waals surface area contributed by atoms with E-state index in [9.17, 15) is 8.78 Å². The highest BCUT2D eigenvalue weighted by molar-refractivity contribution is 5.59. The molecule has 2 aromatic rings. The van der Waals surface area contributed by atoms with Crippen LogP contribution in [0.25, 0.3) is 11.3 Å². The van der Waals surface area contributed by atoms with Crippen LogP contribution in [0.3, 0.4) is 0 Å². The van der Waals surface area contributed by atoms with Crippen LogP contribution in [-0.2, 0) is 0 Å². The van der Waals surface area contributed by atoms with E-state index in [0.29, 0.717) is 17.1 Å². The molecule has 1 aromatic carbocycles. The van der Waals surface area contributed by atoms with E-state index >= 15 is 0 Å². The van der Waals surface area contributed by atoms with Gasteiger partial charge in [-0.05, 0) is 18.2 Å². The molecule has 0 atom stereocenters. The molecule has 0 aliphatic carbocycles. The summed E-state index contributed by atoms with van der Waals surface area (Å²) in [5.41, 5.74) is 0.789. The number of nitrogens with one attached hydrogen (secondary N) is 1. The lowest BCUT2D eigenvalue weighted by Crippen LogP contribution is -2.40. The summed E-state index contributed by atoms with van der Waals surface area (Å²) in [6, 6.07) is 5.12. The highest BCUT2D eigenvalue weighted by Gasteiger charge is 2.22. The number of nitrogens with zero attached hydrogens (tertiary/aromatic N) is 2. The van der Waals surface area contributed by atoms with Crippen LogP contribution in [0.4, 0.5) is 8.78 Å². The number of benzene rings is 1. The van der Waals surface area contributed by atoms with Crippen molar-refractivity contribution in [3.05, 3.63) is 47.9 Å². The molecule has 1 saturated heterocycles. The number of hydrogen-bond acceptors (Lipinski definition) is 3. The standard InChI is InChI=1S/C13H11F2N3/c14-9-1-2-10(11(15)5-9)12-3-4-17-13(18-12)8-6-16-7-8/h1-5,8,16H,6-7H2. The van der Waals surface area contributed by atoms with E-state index in [1.807, 2.05) is 0 Å². The topological polar surface area (TPSA) is 37.8 Å². The summed E-state index contributed by atoms with van der Waals surface area (Å²) in [6.07, 6.45) is 1.61. The van der Waals surface area contributed by atoms with Crippen molar-refractivity contribution in [3.63, 3.8) is 0 Å². The molecule has 0 bridgehead atoms. The summed E-state index contributed by atoms with van der Waals surface area (Å²) in [5.74, 6) is -0.205. The van der Waals surface area contributed by atoms with Gasteiger partial charge in [0.25, 0.3) is 0 Å². The third-order valence-electron chi connectivity index (χ3n) is 3.03. The van der Waals surface area contributed by atoms with E-state index in [1.54, 1.807) is 12.3 Å². The number of rotatable bonds is 2. The Labute approximate surface area is 103 Å². The molecule has 2 heterocycles. The van der Waals surface area contributed by atoms with Crippen molar-refractivity contribution in [2.75, 3.05) is 13.1 Å². The smallest absolute Gasteiger partial charge is 0.135 e. The van der Waals surface area contributed by atoms with Crippen molar-refractivity contribution in [1.82, 2.24) is 15.3 Å². The second-order valence-electron chi connectivity index (χ2n) is 4.28. The first-order valence-electron chi connectivity index (χ1n) is 5.73. The maximum Gasteiger partial charge on any atom is 0.135 e. The Bertz CT molecular complexity index is 582. The van der Waals surface area contributed by atoms with Crippen molar-refractivity contribution in [3.8, 4) is 11.3 Å². The maximum atomic E-state index is 13.7. The Balaban J connectivity index is 2.00. The fourth-order valence-corrected chi connectivity index (χ4v) is 1.89. The molecule has 0 spiro atoms. The van der Waals surface area contributed by atoms with Crippen LogP contribution in [0.1, 0.15) is 11.7 Å². The van der Waals surface area contributed by atoms with E-state index in [1.165, 1.54) is 12.1 Å². The highest BCUT2D eigenvalue weighted by atomic mass is 19.1. The summed E-state index contributed by atoms with van der Waals surface area (Å²) in [7, 11) is 0. The zero-order chi connectivity index (χ0) is 12.5. The Morgan fingerprint density at radius 2 is 2.00 bits per heavy atom. The van der Waals surface area contributed by atoms with Gasteiger partial charge in [0.05, 0.1) is 5.69 Å². The fourth-order valence-electron chi connectivity index (χ4n) is 1.89. The quantitative estimate of drug-likeness (QED) is 0.883. The first kappa shape index (κ1) is 11.2. The molecule has 0 amide bonds. The fraction of sp³-hybridized carbons (Fsp3) is 0.231. The molecule has 1 fully saturated rings. The monoisotopic (exact) mass is 247 g/mol. The number of aromatic nitrogens is 2. The Morgan fingerprint density at radius 1 is 1.17 bits per heavy atom. The van der Waals surface area contributed by atoms with Gasteiger partial charge in [-0.1, -0.05) is 0 Å². The summed E-state index contributed by atoms with van der Waals surface area (Å²) in [6.45, 7) is 1.69. The minimum Gasteiger partial charge on any atom is -0.315 e. The summed E-state index contributed by atoms with van der Waals surface area (Å²) >= 11 is 0. The SMILES string of the molecule is Fc1ccc(-c2ccnc(C3CNC3)n2)c(F)c1. The van der Waals surface area contributed by atoms with Gasteiger partial charge >= 0.3 is 0 Å². The van der Waals surface area contributed by atoms with Crippen LogP contribution in [0.15, 0.2) is 30.5 Å². The van der Waals surface area contributed by atoms with Crippen molar-refractivity contribution in [2.45, 2.75) is 5.92 Å². The van der Waals surface area contributed by atoms with Crippen molar-refractivity contribution in [1.29, 1.82) is 0 Å². The summed E-state index contributed by atoms with van der Waals surface area (Å²) in [4.78, 5) is 8.53. The van der Waals surface area contributed by atoms with Crippen molar-refractivity contribution in [2.24, 2.45) is 0 Å².